The van der Waals surface area contributed by atoms with E-state index >= 15 is 4.79 Å². The number of imide groups is 1. The summed E-state index contributed by atoms with van der Waals surface area (Å²) in [5, 5.41) is 1.01. The summed E-state index contributed by atoms with van der Waals surface area (Å²) in [5.74, 6) is -2.98. The van der Waals surface area contributed by atoms with Crippen LogP contribution in [0.1, 0.15) is 27.8 Å². The Hall–Kier alpha value is -4.77. The molecule has 3 aliphatic rings. The van der Waals surface area contributed by atoms with E-state index in [4.69, 9.17) is 23.2 Å². The van der Waals surface area contributed by atoms with Crippen molar-refractivity contribution in [1.82, 2.24) is 0 Å². The number of rotatable bonds is 5. The molecule has 6 heteroatoms. The minimum absolute atomic E-state index is 0.192. The number of fused-ring (bicyclic) bond motifs is 5. The van der Waals surface area contributed by atoms with Crippen molar-refractivity contribution in [3.63, 3.8) is 0 Å². The third-order valence-corrected chi connectivity index (χ3v) is 10.5. The summed E-state index contributed by atoms with van der Waals surface area (Å²) in [6.45, 7) is 1.96. The van der Waals surface area contributed by atoms with Crippen LogP contribution in [0.15, 0.2) is 133 Å². The van der Waals surface area contributed by atoms with E-state index in [1.807, 2.05) is 104 Å². The highest BCUT2D eigenvalue weighted by molar-refractivity contribution is 6.39. The average Bonchev–Trinajstić information content (AvgIpc) is 3.58. The number of carbonyl (C=O) groups is 3. The van der Waals surface area contributed by atoms with Crippen LogP contribution in [0.25, 0.3) is 11.1 Å². The van der Waals surface area contributed by atoms with E-state index in [-0.39, 0.29) is 5.78 Å². The van der Waals surface area contributed by atoms with Crippen LogP contribution in [0, 0.1) is 18.8 Å². The van der Waals surface area contributed by atoms with E-state index in [0.29, 0.717) is 26.9 Å². The van der Waals surface area contributed by atoms with Crippen molar-refractivity contribution in [2.75, 3.05) is 4.90 Å². The number of benzene rings is 5. The van der Waals surface area contributed by atoms with Crippen LogP contribution in [0.5, 0.6) is 0 Å². The van der Waals surface area contributed by atoms with Crippen LogP contribution in [0.3, 0.4) is 0 Å². The molecule has 2 aliphatic carbocycles. The minimum Gasteiger partial charge on any atom is -0.297 e. The Morgan fingerprint density at radius 1 is 0.522 bits per heavy atom. The zero-order chi connectivity index (χ0) is 31.8. The number of allylic oxidation sites excluding steroid dienone is 2. The number of Topliss-reactive ketones (excluding diaryl/α,β-unsaturated/α-hetero) is 1. The third-order valence-electron chi connectivity index (χ3n) is 10.0. The maximum absolute atomic E-state index is 15.9. The summed E-state index contributed by atoms with van der Waals surface area (Å²) in [6, 6.07) is 41.2. The number of hydrogen-bond donors (Lipinski definition) is 0. The maximum Gasteiger partial charge on any atom is 0.239 e. The van der Waals surface area contributed by atoms with Gasteiger partial charge in [-0.2, -0.15) is 0 Å². The van der Waals surface area contributed by atoms with Crippen molar-refractivity contribution in [2.24, 2.45) is 11.8 Å². The van der Waals surface area contributed by atoms with E-state index in [1.165, 1.54) is 4.90 Å². The van der Waals surface area contributed by atoms with E-state index in [0.717, 1.165) is 27.8 Å². The fourth-order valence-electron chi connectivity index (χ4n) is 8.31. The zero-order valence-electron chi connectivity index (χ0n) is 24.8. The fraction of sp³-hybridized carbons (Fsp3) is 0.125. The van der Waals surface area contributed by atoms with Crippen LogP contribution < -0.4 is 4.90 Å². The molecule has 0 unspecified atom stereocenters. The molecular weight excluding hydrogens is 613 g/mol. The summed E-state index contributed by atoms with van der Waals surface area (Å²) in [5.41, 5.74) is 2.86. The highest BCUT2D eigenvalue weighted by Crippen LogP contribution is 2.74. The number of anilines is 1. The molecule has 1 heterocycles. The van der Waals surface area contributed by atoms with Crippen molar-refractivity contribution < 1.29 is 14.4 Å². The van der Waals surface area contributed by atoms with E-state index in [2.05, 4.69) is 0 Å². The number of amides is 2. The number of hydrogen-bond acceptors (Lipinski definition) is 3. The predicted molar refractivity (Wildman–Crippen MR) is 182 cm³/mol. The van der Waals surface area contributed by atoms with Crippen molar-refractivity contribution in [2.45, 2.75) is 17.8 Å². The molecular formula is C40H27Cl2NO3. The molecule has 224 valence electrons. The Morgan fingerprint density at radius 2 is 0.913 bits per heavy atom. The van der Waals surface area contributed by atoms with Crippen LogP contribution >= 0.6 is 23.2 Å². The molecule has 5 aromatic carbocycles. The topological polar surface area (TPSA) is 54.5 Å². The fourth-order valence-corrected chi connectivity index (χ4v) is 8.56. The molecule has 1 saturated heterocycles. The predicted octanol–water partition coefficient (Wildman–Crippen LogP) is 8.49. The van der Waals surface area contributed by atoms with Gasteiger partial charge in [0.2, 0.25) is 11.8 Å². The van der Waals surface area contributed by atoms with Crippen LogP contribution in [0.2, 0.25) is 10.0 Å². The normalized spacial score (nSPS) is 25.0. The molecule has 4 nitrogen and oxygen atoms in total. The monoisotopic (exact) mass is 639 g/mol. The lowest BCUT2D eigenvalue weighted by atomic mass is 9.59. The Balaban J connectivity index is 1.56. The second-order valence-electron chi connectivity index (χ2n) is 12.2. The molecule has 8 rings (SSSR count). The Labute approximate surface area is 276 Å². The van der Waals surface area contributed by atoms with Gasteiger partial charge in [0.1, 0.15) is 0 Å². The van der Waals surface area contributed by atoms with Gasteiger partial charge in [0.15, 0.2) is 5.78 Å². The van der Waals surface area contributed by atoms with Crippen LogP contribution in [-0.2, 0) is 25.2 Å². The van der Waals surface area contributed by atoms with Crippen LogP contribution in [0.4, 0.5) is 5.69 Å². The lowest BCUT2D eigenvalue weighted by Gasteiger charge is -2.39. The summed E-state index contributed by atoms with van der Waals surface area (Å²) in [4.78, 5) is 47.2. The minimum atomic E-state index is -1.49. The molecule has 4 atom stereocenters. The largest absolute Gasteiger partial charge is 0.297 e. The molecule has 2 fully saturated rings. The van der Waals surface area contributed by atoms with Crippen molar-refractivity contribution in [3.8, 4) is 0 Å². The van der Waals surface area contributed by atoms with Gasteiger partial charge in [0, 0.05) is 10.0 Å². The highest BCUT2D eigenvalue weighted by Gasteiger charge is 2.82. The molecule has 2 amide bonds. The van der Waals surface area contributed by atoms with E-state index in [1.54, 1.807) is 36.4 Å². The number of carbonyl (C=O) groups excluding carboxylic acids is 3. The summed E-state index contributed by atoms with van der Waals surface area (Å²) in [7, 11) is 0. The van der Waals surface area contributed by atoms with Crippen molar-refractivity contribution >= 4 is 57.6 Å². The van der Waals surface area contributed by atoms with Gasteiger partial charge in [-0.25, -0.2) is 4.90 Å². The molecule has 5 aromatic rings. The van der Waals surface area contributed by atoms with Gasteiger partial charge in [-0.05, 0) is 76.7 Å². The van der Waals surface area contributed by atoms with Crippen LogP contribution in [-0.4, -0.2) is 17.6 Å². The molecule has 0 radical (unpaired) electrons. The molecule has 1 saturated carbocycles. The molecule has 0 N–H and O–H groups in total. The molecule has 46 heavy (non-hydrogen) atoms. The zero-order valence-corrected chi connectivity index (χ0v) is 26.3. The second kappa shape index (κ2) is 10.4. The first-order chi connectivity index (χ1) is 22.3. The smallest absolute Gasteiger partial charge is 0.239 e. The van der Waals surface area contributed by atoms with Gasteiger partial charge in [0.25, 0.3) is 0 Å². The van der Waals surface area contributed by atoms with Gasteiger partial charge >= 0.3 is 0 Å². The van der Waals surface area contributed by atoms with E-state index in [9.17, 15) is 9.59 Å². The summed E-state index contributed by atoms with van der Waals surface area (Å²) >= 11 is 12.8. The number of aryl methyl sites for hydroxylation is 1. The maximum atomic E-state index is 15.9. The second-order valence-corrected chi connectivity index (χ2v) is 13.1. The van der Waals surface area contributed by atoms with Crippen molar-refractivity contribution in [1.29, 1.82) is 0 Å². The van der Waals surface area contributed by atoms with E-state index < -0.39 is 34.5 Å². The first-order valence-electron chi connectivity index (χ1n) is 15.2. The van der Waals surface area contributed by atoms with Gasteiger partial charge < -0.3 is 0 Å². The Bertz CT molecular complexity index is 1950. The first-order valence-corrected chi connectivity index (χ1v) is 15.9. The third kappa shape index (κ3) is 3.66. The number of nitrogens with zero attached hydrogens (tertiary/aromatic N) is 1. The molecule has 0 spiro atoms. The van der Waals surface area contributed by atoms with Gasteiger partial charge in [-0.15, -0.1) is 0 Å². The molecule has 0 aromatic heterocycles. The lowest BCUT2D eigenvalue weighted by Crippen LogP contribution is -2.45. The van der Waals surface area contributed by atoms with Gasteiger partial charge in [-0.3, -0.25) is 14.4 Å². The molecule has 2 bridgehead atoms. The number of halogens is 2. The summed E-state index contributed by atoms with van der Waals surface area (Å²) < 4.78 is 0. The Kier molecular flexibility index (Phi) is 6.47. The average molecular weight is 641 g/mol. The first kappa shape index (κ1) is 28.7. The SMILES string of the molecule is Cc1ccc(N2C(=O)[C@@H]3[C@@H](C2=O)[C@@]2(c4ccc(Cl)cc4)C(=O)[C@@]3(c3ccc(Cl)cc3)C(c3ccccc3)=C2c2ccccc2)cc1. The standard InChI is InChI=1S/C40H27Cl2NO3/c1-24-12-22-31(23-13-24)43-36(44)34-35(37(43)45)40(28-16-20-30(42)21-17-28)33(26-10-6-3-7-11-26)32(25-8-4-2-5-9-25)39(34,38(40)46)27-14-18-29(41)19-15-27/h2-23,34-35H,1H3/t34-,35-,39-,40-/m0/s1. The quantitative estimate of drug-likeness (QED) is 0.181. The summed E-state index contributed by atoms with van der Waals surface area (Å²) in [6.07, 6.45) is 0. The van der Waals surface area contributed by atoms with Gasteiger partial charge in [-0.1, -0.05) is 126 Å². The number of ketones is 1. The van der Waals surface area contributed by atoms with Crippen molar-refractivity contribution in [3.05, 3.63) is 171 Å². The molecule has 1 aliphatic heterocycles. The lowest BCUT2D eigenvalue weighted by molar-refractivity contribution is -0.130. The van der Waals surface area contributed by atoms with Gasteiger partial charge in [0.05, 0.1) is 28.4 Å². The highest BCUT2D eigenvalue weighted by atomic mass is 35.5. The Morgan fingerprint density at radius 3 is 1.30 bits per heavy atom.